The molecule has 2 aromatic rings. The molecule has 0 spiro atoms. The fourth-order valence-corrected chi connectivity index (χ4v) is 0.931. The molecule has 0 aromatic carbocycles. The van der Waals surface area contributed by atoms with Gasteiger partial charge in [0.15, 0.2) is 6.29 Å². The fourth-order valence-electron chi connectivity index (χ4n) is 0.931. The van der Waals surface area contributed by atoms with Crippen molar-refractivity contribution in [3.05, 3.63) is 24.1 Å². The molecule has 0 atom stereocenters. The van der Waals surface area contributed by atoms with Crippen LogP contribution >= 0.6 is 0 Å². The molecule has 0 aliphatic carbocycles. The largest absolute Gasteiger partial charge is 0.364 e. The molecule has 0 aliphatic rings. The van der Waals surface area contributed by atoms with Gasteiger partial charge >= 0.3 is 0 Å². The number of aldehydes is 1. The van der Waals surface area contributed by atoms with Crippen molar-refractivity contribution >= 4 is 6.29 Å². The van der Waals surface area contributed by atoms with E-state index in [1.807, 2.05) is 0 Å². The lowest BCUT2D eigenvalue weighted by Crippen LogP contribution is -1.83. The Hall–Kier alpha value is -1.91. The van der Waals surface area contributed by atoms with Gasteiger partial charge in [-0.25, -0.2) is 0 Å². The van der Waals surface area contributed by atoms with Crippen molar-refractivity contribution in [3.63, 3.8) is 0 Å². The molecule has 60 valence electrons. The van der Waals surface area contributed by atoms with E-state index in [2.05, 4.69) is 19.9 Å². The smallest absolute Gasteiger partial charge is 0.153 e. The molecule has 12 heavy (non-hydrogen) atoms. The summed E-state index contributed by atoms with van der Waals surface area (Å²) >= 11 is 0. The zero-order valence-electron chi connectivity index (χ0n) is 6.02. The van der Waals surface area contributed by atoms with Gasteiger partial charge in [0.1, 0.15) is 12.0 Å². The minimum Gasteiger partial charge on any atom is -0.364 e. The van der Waals surface area contributed by atoms with Gasteiger partial charge in [-0.2, -0.15) is 5.10 Å². The van der Waals surface area contributed by atoms with E-state index in [1.54, 1.807) is 6.07 Å². The van der Waals surface area contributed by atoms with Crippen molar-refractivity contribution in [3.8, 4) is 11.4 Å². The molecule has 0 unspecified atom stereocenters. The van der Waals surface area contributed by atoms with Gasteiger partial charge in [-0.15, -0.1) is 0 Å². The van der Waals surface area contributed by atoms with Gasteiger partial charge in [-0.3, -0.25) is 9.89 Å². The third-order valence-electron chi connectivity index (χ3n) is 1.49. The zero-order chi connectivity index (χ0) is 8.39. The Bertz CT molecular complexity index is 377. The van der Waals surface area contributed by atoms with Crippen LogP contribution in [0.4, 0.5) is 0 Å². The van der Waals surface area contributed by atoms with Crippen LogP contribution in [0.5, 0.6) is 0 Å². The first-order valence-corrected chi connectivity index (χ1v) is 3.31. The van der Waals surface area contributed by atoms with Gasteiger partial charge in [0.25, 0.3) is 0 Å². The Morgan fingerprint density at radius 1 is 1.58 bits per heavy atom. The van der Waals surface area contributed by atoms with Crippen LogP contribution in [0.2, 0.25) is 0 Å². The Balaban J connectivity index is 2.53. The molecule has 0 bridgehead atoms. The SMILES string of the molecule is O=Cc1cn[nH]c1-c1ccon1. The van der Waals surface area contributed by atoms with Gasteiger partial charge in [-0.05, 0) is 0 Å². The summed E-state index contributed by atoms with van der Waals surface area (Å²) in [5.74, 6) is 0. The Labute approximate surface area is 67.4 Å². The fraction of sp³-hybridized carbons (Fsp3) is 0. The molecule has 0 radical (unpaired) electrons. The van der Waals surface area contributed by atoms with Gasteiger partial charge < -0.3 is 4.52 Å². The average Bonchev–Trinajstić information content (AvgIpc) is 2.74. The minimum absolute atomic E-state index is 0.476. The lowest BCUT2D eigenvalue weighted by molar-refractivity contribution is 0.112. The number of rotatable bonds is 2. The second-order valence-electron chi connectivity index (χ2n) is 2.20. The molecule has 2 rings (SSSR count). The van der Waals surface area contributed by atoms with E-state index in [4.69, 9.17) is 0 Å². The summed E-state index contributed by atoms with van der Waals surface area (Å²) in [7, 11) is 0. The number of H-pyrrole nitrogens is 1. The van der Waals surface area contributed by atoms with Crippen LogP contribution in [-0.4, -0.2) is 21.6 Å². The summed E-state index contributed by atoms with van der Waals surface area (Å²) < 4.78 is 4.62. The molecule has 2 heterocycles. The van der Waals surface area contributed by atoms with Crippen LogP contribution in [-0.2, 0) is 0 Å². The van der Waals surface area contributed by atoms with Gasteiger partial charge in [-0.1, -0.05) is 5.16 Å². The standard InChI is InChI=1S/C7H5N3O2/c11-4-5-3-8-9-7(5)6-1-2-12-10-6/h1-4H,(H,8,9). The van der Waals surface area contributed by atoms with Crippen molar-refractivity contribution in [2.45, 2.75) is 0 Å². The van der Waals surface area contributed by atoms with Crippen LogP contribution < -0.4 is 0 Å². The highest BCUT2D eigenvalue weighted by molar-refractivity contribution is 5.84. The molecular formula is C7H5N3O2. The summed E-state index contributed by atoms with van der Waals surface area (Å²) in [6, 6.07) is 1.65. The van der Waals surface area contributed by atoms with Crippen molar-refractivity contribution in [2.24, 2.45) is 0 Å². The Kier molecular flexibility index (Phi) is 1.48. The lowest BCUT2D eigenvalue weighted by Gasteiger charge is -1.87. The molecule has 0 aliphatic heterocycles. The molecule has 0 amide bonds. The summed E-state index contributed by atoms with van der Waals surface area (Å²) in [5, 5.41) is 10.0. The van der Waals surface area contributed by atoms with Crippen LogP contribution in [0.15, 0.2) is 23.0 Å². The average molecular weight is 163 g/mol. The molecule has 0 saturated carbocycles. The van der Waals surface area contributed by atoms with E-state index >= 15 is 0 Å². The van der Waals surface area contributed by atoms with Crippen molar-refractivity contribution in [2.75, 3.05) is 0 Å². The summed E-state index contributed by atoms with van der Waals surface area (Å²) in [6.45, 7) is 0. The molecule has 1 N–H and O–H groups in total. The topological polar surface area (TPSA) is 71.8 Å². The second-order valence-corrected chi connectivity index (χ2v) is 2.20. The Morgan fingerprint density at radius 2 is 2.50 bits per heavy atom. The molecule has 5 nitrogen and oxygen atoms in total. The van der Waals surface area contributed by atoms with E-state index in [9.17, 15) is 4.79 Å². The first-order chi connectivity index (χ1) is 5.92. The van der Waals surface area contributed by atoms with Crippen LogP contribution in [0, 0.1) is 0 Å². The summed E-state index contributed by atoms with van der Waals surface area (Å²) in [6.07, 6.45) is 3.59. The lowest BCUT2D eigenvalue weighted by atomic mass is 10.2. The van der Waals surface area contributed by atoms with Crippen LogP contribution in [0.25, 0.3) is 11.4 Å². The number of aromatic nitrogens is 3. The van der Waals surface area contributed by atoms with E-state index in [0.29, 0.717) is 23.2 Å². The van der Waals surface area contributed by atoms with Crippen LogP contribution in [0.1, 0.15) is 10.4 Å². The number of hydrogen-bond donors (Lipinski definition) is 1. The molecular weight excluding hydrogens is 158 g/mol. The number of nitrogens with one attached hydrogen (secondary N) is 1. The predicted octanol–water partition coefficient (Wildman–Crippen LogP) is 0.877. The maximum absolute atomic E-state index is 10.5. The molecule has 0 saturated heterocycles. The summed E-state index contributed by atoms with van der Waals surface area (Å²) in [5.41, 5.74) is 1.64. The first-order valence-electron chi connectivity index (χ1n) is 3.31. The van der Waals surface area contributed by atoms with Gasteiger partial charge in [0.2, 0.25) is 0 Å². The zero-order valence-corrected chi connectivity index (χ0v) is 6.02. The maximum atomic E-state index is 10.5. The van der Waals surface area contributed by atoms with Crippen molar-refractivity contribution in [1.29, 1.82) is 0 Å². The molecule has 5 heteroatoms. The van der Waals surface area contributed by atoms with Crippen LogP contribution in [0.3, 0.4) is 0 Å². The first kappa shape index (κ1) is 6.78. The highest BCUT2D eigenvalue weighted by atomic mass is 16.5. The number of hydrogen-bond acceptors (Lipinski definition) is 4. The van der Waals surface area contributed by atoms with E-state index < -0.39 is 0 Å². The van der Waals surface area contributed by atoms with E-state index in [-0.39, 0.29) is 0 Å². The minimum atomic E-state index is 0.476. The molecule has 0 fully saturated rings. The normalized spacial score (nSPS) is 10.0. The number of carbonyl (C=O) groups is 1. The van der Waals surface area contributed by atoms with Gasteiger partial charge in [0.05, 0.1) is 17.5 Å². The number of nitrogens with zero attached hydrogens (tertiary/aromatic N) is 2. The number of aromatic amines is 1. The quantitative estimate of drug-likeness (QED) is 0.667. The third kappa shape index (κ3) is 0.914. The highest BCUT2D eigenvalue weighted by Crippen LogP contribution is 2.16. The molecule has 2 aromatic heterocycles. The Morgan fingerprint density at radius 3 is 3.17 bits per heavy atom. The van der Waals surface area contributed by atoms with E-state index in [0.717, 1.165) is 0 Å². The van der Waals surface area contributed by atoms with Crippen molar-refractivity contribution < 1.29 is 9.32 Å². The monoisotopic (exact) mass is 163 g/mol. The highest BCUT2D eigenvalue weighted by Gasteiger charge is 2.08. The van der Waals surface area contributed by atoms with Crippen molar-refractivity contribution in [1.82, 2.24) is 15.4 Å². The third-order valence-corrected chi connectivity index (χ3v) is 1.49. The predicted molar refractivity (Wildman–Crippen MR) is 39.5 cm³/mol. The van der Waals surface area contributed by atoms with E-state index in [1.165, 1.54) is 12.5 Å². The number of carbonyl (C=O) groups excluding carboxylic acids is 1. The summed E-state index contributed by atoms with van der Waals surface area (Å²) in [4.78, 5) is 10.5. The van der Waals surface area contributed by atoms with Gasteiger partial charge in [0, 0.05) is 6.07 Å². The second kappa shape index (κ2) is 2.61. The maximum Gasteiger partial charge on any atom is 0.153 e.